The molecule has 0 spiro atoms. The third-order valence-electron chi connectivity index (χ3n) is 1.57. The highest BCUT2D eigenvalue weighted by Crippen LogP contribution is 1.97. The van der Waals surface area contributed by atoms with E-state index in [1.165, 1.54) is 0 Å². The number of carboxylic acid groups (broad SMARTS) is 1. The number of benzene rings is 1. The van der Waals surface area contributed by atoms with Gasteiger partial charge in [-0.15, -0.1) is 0 Å². The van der Waals surface area contributed by atoms with E-state index >= 15 is 0 Å². The van der Waals surface area contributed by atoms with Gasteiger partial charge in [0.15, 0.2) is 0 Å². The van der Waals surface area contributed by atoms with Gasteiger partial charge in [0.25, 0.3) is 12.4 Å². The summed E-state index contributed by atoms with van der Waals surface area (Å²) < 4.78 is 0. The molecule has 82 valence electrons. The molecule has 0 saturated heterocycles. The maximum Gasteiger partial charge on any atom is 0.290 e. The Morgan fingerprint density at radius 1 is 1.40 bits per heavy atom. The molecule has 0 radical (unpaired) electrons. The van der Waals surface area contributed by atoms with Crippen molar-refractivity contribution in [1.29, 1.82) is 0 Å². The Morgan fingerprint density at radius 3 is 2.40 bits per heavy atom. The van der Waals surface area contributed by atoms with Crippen molar-refractivity contribution in [1.82, 2.24) is 5.32 Å². The third kappa shape index (κ3) is 6.26. The molecular weight excluding hydrogens is 194 g/mol. The minimum atomic E-state index is -0.250. The SMILES string of the molecule is CCCNC(=O)c1ccccc1.O=CO. The predicted octanol–water partition coefficient (Wildman–Crippen LogP) is 1.53. The van der Waals surface area contributed by atoms with Gasteiger partial charge < -0.3 is 10.4 Å². The van der Waals surface area contributed by atoms with Crippen LogP contribution in [0.1, 0.15) is 23.7 Å². The highest BCUT2D eigenvalue weighted by atomic mass is 16.3. The van der Waals surface area contributed by atoms with Gasteiger partial charge in [-0.05, 0) is 18.6 Å². The van der Waals surface area contributed by atoms with E-state index in [0.29, 0.717) is 0 Å². The average Bonchev–Trinajstić information content (AvgIpc) is 2.28. The summed E-state index contributed by atoms with van der Waals surface area (Å²) in [6.07, 6.45) is 0.971. The molecule has 4 nitrogen and oxygen atoms in total. The Kier molecular flexibility index (Phi) is 7.67. The molecule has 2 N–H and O–H groups in total. The van der Waals surface area contributed by atoms with E-state index in [-0.39, 0.29) is 12.4 Å². The molecule has 0 aromatic heterocycles. The lowest BCUT2D eigenvalue weighted by molar-refractivity contribution is -0.122. The van der Waals surface area contributed by atoms with Gasteiger partial charge in [-0.3, -0.25) is 9.59 Å². The summed E-state index contributed by atoms with van der Waals surface area (Å²) in [4.78, 5) is 19.7. The molecule has 1 amide bonds. The second kappa shape index (κ2) is 8.74. The molecule has 4 heteroatoms. The fraction of sp³-hybridized carbons (Fsp3) is 0.273. The van der Waals surface area contributed by atoms with Crippen LogP contribution in [0.3, 0.4) is 0 Å². The molecular formula is C11H15NO3. The molecule has 0 saturated carbocycles. The second-order valence-electron chi connectivity index (χ2n) is 2.73. The molecule has 0 unspecified atom stereocenters. The topological polar surface area (TPSA) is 66.4 Å². The predicted molar refractivity (Wildman–Crippen MR) is 57.8 cm³/mol. The van der Waals surface area contributed by atoms with Crippen LogP contribution in [-0.2, 0) is 4.79 Å². The van der Waals surface area contributed by atoms with Gasteiger partial charge in [0.2, 0.25) is 0 Å². The molecule has 0 atom stereocenters. The van der Waals surface area contributed by atoms with Crippen LogP contribution in [0.4, 0.5) is 0 Å². The summed E-state index contributed by atoms with van der Waals surface area (Å²) in [5.41, 5.74) is 0.728. The van der Waals surface area contributed by atoms with Gasteiger partial charge >= 0.3 is 0 Å². The fourth-order valence-corrected chi connectivity index (χ4v) is 0.930. The number of nitrogens with one attached hydrogen (secondary N) is 1. The standard InChI is InChI=1S/C10H13NO.CH2O2/c1-2-8-11-10(12)9-6-4-3-5-7-9;2-1-3/h3-7H,2,8H2,1H3,(H,11,12);1H,(H,2,3). The van der Waals surface area contributed by atoms with Crippen molar-refractivity contribution in [2.24, 2.45) is 0 Å². The molecule has 0 heterocycles. The van der Waals surface area contributed by atoms with Crippen molar-refractivity contribution < 1.29 is 14.7 Å². The Balaban J connectivity index is 0.000000583. The molecule has 0 aliphatic carbocycles. The molecule has 1 rings (SSSR count). The van der Waals surface area contributed by atoms with Gasteiger partial charge in [-0.2, -0.15) is 0 Å². The normalized spacial score (nSPS) is 8.33. The second-order valence-corrected chi connectivity index (χ2v) is 2.73. The zero-order valence-corrected chi connectivity index (χ0v) is 8.64. The van der Waals surface area contributed by atoms with Crippen molar-refractivity contribution in [3.8, 4) is 0 Å². The maximum absolute atomic E-state index is 11.3. The Morgan fingerprint density at radius 2 is 1.93 bits per heavy atom. The Labute approximate surface area is 88.9 Å². The first-order valence-electron chi connectivity index (χ1n) is 4.67. The average molecular weight is 209 g/mol. The molecule has 0 bridgehead atoms. The fourth-order valence-electron chi connectivity index (χ4n) is 0.930. The van der Waals surface area contributed by atoms with Crippen molar-refractivity contribution in [2.75, 3.05) is 6.54 Å². The van der Waals surface area contributed by atoms with Gasteiger partial charge in [0.1, 0.15) is 0 Å². The smallest absolute Gasteiger partial charge is 0.290 e. The number of hydrogen-bond donors (Lipinski definition) is 2. The quantitative estimate of drug-likeness (QED) is 0.742. The first kappa shape index (κ1) is 13.2. The van der Waals surface area contributed by atoms with Crippen LogP contribution in [-0.4, -0.2) is 24.0 Å². The number of amides is 1. The molecule has 15 heavy (non-hydrogen) atoms. The summed E-state index contributed by atoms with van der Waals surface area (Å²) in [5.74, 6) is 0.0115. The number of hydrogen-bond acceptors (Lipinski definition) is 2. The monoisotopic (exact) mass is 209 g/mol. The third-order valence-corrected chi connectivity index (χ3v) is 1.57. The first-order chi connectivity index (χ1) is 7.26. The Bertz CT molecular complexity index is 285. The minimum absolute atomic E-state index is 0.0115. The summed E-state index contributed by atoms with van der Waals surface area (Å²) in [5, 5.41) is 9.70. The van der Waals surface area contributed by atoms with Gasteiger partial charge in [0, 0.05) is 12.1 Å². The molecule has 0 aliphatic rings. The number of carbonyl (C=O) groups excluding carboxylic acids is 1. The van der Waals surface area contributed by atoms with E-state index in [2.05, 4.69) is 5.32 Å². The van der Waals surface area contributed by atoms with Gasteiger partial charge in [-0.25, -0.2) is 0 Å². The van der Waals surface area contributed by atoms with E-state index in [9.17, 15) is 4.79 Å². The van der Waals surface area contributed by atoms with Crippen LogP contribution in [0.2, 0.25) is 0 Å². The van der Waals surface area contributed by atoms with Crippen LogP contribution >= 0.6 is 0 Å². The molecule has 0 aliphatic heterocycles. The van der Waals surface area contributed by atoms with Gasteiger partial charge in [-0.1, -0.05) is 25.1 Å². The summed E-state index contributed by atoms with van der Waals surface area (Å²) in [6.45, 7) is 2.53. The highest BCUT2D eigenvalue weighted by Gasteiger charge is 2.00. The van der Waals surface area contributed by atoms with Crippen molar-refractivity contribution in [2.45, 2.75) is 13.3 Å². The van der Waals surface area contributed by atoms with Crippen LogP contribution in [0.5, 0.6) is 0 Å². The largest absolute Gasteiger partial charge is 0.483 e. The summed E-state index contributed by atoms with van der Waals surface area (Å²) in [7, 11) is 0. The first-order valence-corrected chi connectivity index (χ1v) is 4.67. The number of carbonyl (C=O) groups is 2. The van der Waals surface area contributed by atoms with E-state index < -0.39 is 0 Å². The lowest BCUT2D eigenvalue weighted by Gasteiger charge is -2.01. The van der Waals surface area contributed by atoms with Crippen LogP contribution in [0.15, 0.2) is 30.3 Å². The van der Waals surface area contributed by atoms with Crippen molar-refractivity contribution in [3.05, 3.63) is 35.9 Å². The molecule has 1 aromatic carbocycles. The van der Waals surface area contributed by atoms with E-state index in [1.54, 1.807) is 0 Å². The maximum atomic E-state index is 11.3. The lowest BCUT2D eigenvalue weighted by Crippen LogP contribution is -2.23. The highest BCUT2D eigenvalue weighted by molar-refractivity contribution is 5.94. The lowest BCUT2D eigenvalue weighted by atomic mass is 10.2. The van der Waals surface area contributed by atoms with Crippen molar-refractivity contribution >= 4 is 12.4 Å². The minimum Gasteiger partial charge on any atom is -0.483 e. The van der Waals surface area contributed by atoms with Gasteiger partial charge in [0.05, 0.1) is 0 Å². The summed E-state index contributed by atoms with van der Waals surface area (Å²) >= 11 is 0. The van der Waals surface area contributed by atoms with Crippen LogP contribution in [0.25, 0.3) is 0 Å². The van der Waals surface area contributed by atoms with Crippen LogP contribution < -0.4 is 5.32 Å². The van der Waals surface area contributed by atoms with E-state index in [4.69, 9.17) is 9.90 Å². The van der Waals surface area contributed by atoms with E-state index in [1.807, 2.05) is 37.3 Å². The molecule has 0 fully saturated rings. The summed E-state index contributed by atoms with van der Waals surface area (Å²) in [6, 6.07) is 9.24. The van der Waals surface area contributed by atoms with E-state index in [0.717, 1.165) is 18.5 Å². The number of rotatable bonds is 3. The molecule has 1 aromatic rings. The zero-order chi connectivity index (χ0) is 11.5. The Hall–Kier alpha value is -1.84. The van der Waals surface area contributed by atoms with Crippen LogP contribution in [0, 0.1) is 0 Å². The zero-order valence-electron chi connectivity index (χ0n) is 8.64. The van der Waals surface area contributed by atoms with Crippen molar-refractivity contribution in [3.63, 3.8) is 0 Å².